The molecule has 1 atom stereocenters. The summed E-state index contributed by atoms with van der Waals surface area (Å²) < 4.78 is 22.0. The maximum atomic E-state index is 12.5. The first-order chi connectivity index (χ1) is 17.0. The van der Waals surface area contributed by atoms with E-state index in [1.54, 1.807) is 14.2 Å². The monoisotopic (exact) mass is 497 g/mol. The highest BCUT2D eigenvalue weighted by Gasteiger charge is 2.19. The van der Waals surface area contributed by atoms with Crippen molar-refractivity contribution < 1.29 is 23.7 Å². The third kappa shape index (κ3) is 6.23. The fraction of sp³-hybridized carbons (Fsp3) is 0.385. The van der Waals surface area contributed by atoms with Crippen LogP contribution in [0.2, 0.25) is 0 Å². The fourth-order valence-corrected chi connectivity index (χ4v) is 4.58. The molecule has 0 fully saturated rings. The molecule has 9 heteroatoms. The van der Waals surface area contributed by atoms with Crippen LogP contribution in [-0.2, 0) is 19.6 Å². The molecule has 1 amide bonds. The van der Waals surface area contributed by atoms with E-state index in [4.69, 9.17) is 18.9 Å². The summed E-state index contributed by atoms with van der Waals surface area (Å²) >= 11 is 1.49. The van der Waals surface area contributed by atoms with Gasteiger partial charge in [0.1, 0.15) is 22.2 Å². The molecule has 1 unspecified atom stereocenters. The zero-order chi connectivity index (χ0) is 24.8. The Hall–Kier alpha value is -3.30. The molecule has 4 rings (SSSR count). The summed E-state index contributed by atoms with van der Waals surface area (Å²) in [5.74, 6) is 2.87. The van der Waals surface area contributed by atoms with Gasteiger partial charge in [0.15, 0.2) is 11.5 Å². The van der Waals surface area contributed by atoms with Crippen molar-refractivity contribution >= 4 is 17.2 Å². The SMILES string of the molecule is CCC(C)NC(=O)c1csc(CN(Cc2ccc3c(c2)OCO3)Cc2ccc(OC)cc2OC)n1. The summed E-state index contributed by atoms with van der Waals surface area (Å²) in [6.07, 6.45) is 0.871. The van der Waals surface area contributed by atoms with Gasteiger partial charge < -0.3 is 24.3 Å². The van der Waals surface area contributed by atoms with Crippen LogP contribution in [0.1, 0.15) is 46.9 Å². The van der Waals surface area contributed by atoms with Crippen LogP contribution in [0.5, 0.6) is 23.0 Å². The Kier molecular flexibility index (Phi) is 8.09. The van der Waals surface area contributed by atoms with Gasteiger partial charge in [-0.2, -0.15) is 0 Å². The van der Waals surface area contributed by atoms with Crippen LogP contribution in [-0.4, -0.2) is 42.8 Å². The lowest BCUT2D eigenvalue weighted by molar-refractivity contribution is 0.0934. The zero-order valence-corrected chi connectivity index (χ0v) is 21.3. The predicted molar refractivity (Wildman–Crippen MR) is 134 cm³/mol. The minimum atomic E-state index is -0.138. The summed E-state index contributed by atoms with van der Waals surface area (Å²) in [6, 6.07) is 11.9. The highest BCUT2D eigenvalue weighted by molar-refractivity contribution is 7.09. The van der Waals surface area contributed by atoms with Crippen LogP contribution < -0.4 is 24.3 Å². The zero-order valence-electron chi connectivity index (χ0n) is 20.5. The number of thiazole rings is 1. The number of hydrogen-bond acceptors (Lipinski definition) is 8. The number of carbonyl (C=O) groups excluding carboxylic acids is 1. The van der Waals surface area contributed by atoms with Crippen molar-refractivity contribution in [2.24, 2.45) is 0 Å². The van der Waals surface area contributed by atoms with E-state index in [0.29, 0.717) is 25.3 Å². The fourth-order valence-electron chi connectivity index (χ4n) is 3.77. The van der Waals surface area contributed by atoms with Gasteiger partial charge in [-0.3, -0.25) is 9.69 Å². The molecule has 0 radical (unpaired) electrons. The molecular formula is C26H31N3O5S. The summed E-state index contributed by atoms with van der Waals surface area (Å²) in [7, 11) is 3.29. The summed E-state index contributed by atoms with van der Waals surface area (Å²) in [6.45, 7) is 6.12. The third-order valence-electron chi connectivity index (χ3n) is 5.86. The van der Waals surface area contributed by atoms with Gasteiger partial charge >= 0.3 is 0 Å². The van der Waals surface area contributed by atoms with Gasteiger partial charge in [-0.05, 0) is 37.1 Å². The van der Waals surface area contributed by atoms with Crippen molar-refractivity contribution in [1.82, 2.24) is 15.2 Å². The minimum absolute atomic E-state index is 0.109. The number of nitrogens with zero attached hydrogens (tertiary/aromatic N) is 2. The Morgan fingerprint density at radius 3 is 2.71 bits per heavy atom. The van der Waals surface area contributed by atoms with E-state index in [-0.39, 0.29) is 18.7 Å². The topological polar surface area (TPSA) is 82.2 Å². The van der Waals surface area contributed by atoms with Gasteiger partial charge in [0, 0.05) is 36.1 Å². The quantitative estimate of drug-likeness (QED) is 0.414. The molecule has 2 heterocycles. The number of carbonyl (C=O) groups is 1. The average molecular weight is 498 g/mol. The van der Waals surface area contributed by atoms with E-state index in [2.05, 4.69) is 15.2 Å². The molecule has 0 aliphatic carbocycles. The van der Waals surface area contributed by atoms with Crippen molar-refractivity contribution in [3.63, 3.8) is 0 Å². The number of benzene rings is 2. The first-order valence-electron chi connectivity index (χ1n) is 11.6. The molecule has 0 saturated carbocycles. The van der Waals surface area contributed by atoms with Crippen molar-refractivity contribution in [2.45, 2.75) is 45.9 Å². The highest BCUT2D eigenvalue weighted by atomic mass is 32.1. The van der Waals surface area contributed by atoms with E-state index in [1.807, 2.05) is 55.6 Å². The lowest BCUT2D eigenvalue weighted by Gasteiger charge is -2.23. The molecule has 0 bridgehead atoms. The molecule has 1 aliphatic heterocycles. The van der Waals surface area contributed by atoms with E-state index < -0.39 is 0 Å². The molecule has 186 valence electrons. The number of aromatic nitrogens is 1. The molecule has 0 saturated heterocycles. The number of hydrogen-bond donors (Lipinski definition) is 1. The molecule has 2 aromatic carbocycles. The van der Waals surface area contributed by atoms with Crippen LogP contribution in [0.4, 0.5) is 0 Å². The number of fused-ring (bicyclic) bond motifs is 1. The molecule has 8 nitrogen and oxygen atoms in total. The highest BCUT2D eigenvalue weighted by Crippen LogP contribution is 2.33. The number of amides is 1. The molecule has 1 aromatic heterocycles. The second kappa shape index (κ2) is 11.4. The largest absolute Gasteiger partial charge is 0.497 e. The lowest BCUT2D eigenvalue weighted by Crippen LogP contribution is -2.32. The molecule has 0 spiro atoms. The van der Waals surface area contributed by atoms with Crippen molar-refractivity contribution in [1.29, 1.82) is 0 Å². The Morgan fingerprint density at radius 2 is 1.94 bits per heavy atom. The molecular weight excluding hydrogens is 466 g/mol. The third-order valence-corrected chi connectivity index (χ3v) is 6.70. The maximum absolute atomic E-state index is 12.5. The lowest BCUT2D eigenvalue weighted by atomic mass is 10.1. The Morgan fingerprint density at radius 1 is 1.11 bits per heavy atom. The van der Waals surface area contributed by atoms with Gasteiger partial charge in [0.05, 0.1) is 20.8 Å². The van der Waals surface area contributed by atoms with Crippen LogP contribution >= 0.6 is 11.3 Å². The Labute approximate surface area is 209 Å². The van der Waals surface area contributed by atoms with E-state index in [9.17, 15) is 4.79 Å². The van der Waals surface area contributed by atoms with Gasteiger partial charge in [-0.25, -0.2) is 4.98 Å². The van der Waals surface area contributed by atoms with Crippen molar-refractivity contribution in [3.05, 3.63) is 63.6 Å². The molecule has 3 aromatic rings. The van der Waals surface area contributed by atoms with Gasteiger partial charge in [-0.15, -0.1) is 11.3 Å². The Balaban J connectivity index is 1.55. The molecule has 35 heavy (non-hydrogen) atoms. The normalized spacial score (nSPS) is 13.1. The number of methoxy groups -OCH3 is 2. The van der Waals surface area contributed by atoms with Gasteiger partial charge in [-0.1, -0.05) is 19.1 Å². The molecule has 1 N–H and O–H groups in total. The molecule has 1 aliphatic rings. The van der Waals surface area contributed by atoms with E-state index in [1.165, 1.54) is 11.3 Å². The van der Waals surface area contributed by atoms with Crippen molar-refractivity contribution in [2.75, 3.05) is 21.0 Å². The van der Waals surface area contributed by atoms with Crippen molar-refractivity contribution in [3.8, 4) is 23.0 Å². The smallest absolute Gasteiger partial charge is 0.270 e. The number of ether oxygens (including phenoxy) is 4. The van der Waals surface area contributed by atoms with Crippen LogP contribution in [0.3, 0.4) is 0 Å². The maximum Gasteiger partial charge on any atom is 0.270 e. The number of nitrogens with one attached hydrogen (secondary N) is 1. The van der Waals surface area contributed by atoms with E-state index >= 15 is 0 Å². The minimum Gasteiger partial charge on any atom is -0.497 e. The number of rotatable bonds is 11. The van der Waals surface area contributed by atoms with Crippen LogP contribution in [0.25, 0.3) is 0 Å². The summed E-state index contributed by atoms with van der Waals surface area (Å²) in [5, 5.41) is 5.67. The summed E-state index contributed by atoms with van der Waals surface area (Å²) in [5.41, 5.74) is 2.57. The first kappa shape index (κ1) is 24.8. The predicted octanol–water partition coefficient (Wildman–Crippen LogP) is 4.62. The first-order valence-corrected chi connectivity index (χ1v) is 12.4. The average Bonchev–Trinajstić information content (AvgIpc) is 3.53. The van der Waals surface area contributed by atoms with E-state index in [0.717, 1.165) is 45.6 Å². The standard InChI is InChI=1S/C26H31N3O5S/c1-5-17(2)27-26(30)21-15-35-25(28-21)14-29(12-18-6-9-22-24(10-18)34-16-33-22)13-19-7-8-20(31-3)11-23(19)32-4/h6-11,15,17H,5,12-14,16H2,1-4H3,(H,27,30). The van der Waals surface area contributed by atoms with Crippen LogP contribution in [0, 0.1) is 0 Å². The second-order valence-corrected chi connectivity index (χ2v) is 9.36. The second-order valence-electron chi connectivity index (χ2n) is 8.42. The van der Waals surface area contributed by atoms with Gasteiger partial charge in [0.25, 0.3) is 5.91 Å². The van der Waals surface area contributed by atoms with Gasteiger partial charge in [0.2, 0.25) is 6.79 Å². The summed E-state index contributed by atoms with van der Waals surface area (Å²) in [4.78, 5) is 19.4. The van der Waals surface area contributed by atoms with Crippen LogP contribution in [0.15, 0.2) is 41.8 Å². The Bertz CT molecular complexity index is 1170.